The van der Waals surface area contributed by atoms with Crippen molar-refractivity contribution in [3.63, 3.8) is 0 Å². The Balaban J connectivity index is 0. The summed E-state index contributed by atoms with van der Waals surface area (Å²) in [5, 5.41) is 0. The van der Waals surface area contributed by atoms with E-state index in [4.69, 9.17) is 0 Å². The van der Waals surface area contributed by atoms with Crippen LogP contribution in [0.3, 0.4) is 0 Å². The summed E-state index contributed by atoms with van der Waals surface area (Å²) in [7, 11) is 0. The average Bonchev–Trinajstić information content (AvgIpc) is 1.65. The monoisotopic (exact) mass is 139 g/mol. The van der Waals surface area contributed by atoms with E-state index in [0.717, 1.165) is 0 Å². The van der Waals surface area contributed by atoms with Gasteiger partial charge in [0, 0.05) is 6.92 Å². The van der Waals surface area contributed by atoms with Crippen molar-refractivity contribution in [2.24, 2.45) is 0 Å². The molecule has 0 saturated carbocycles. The minimum atomic E-state index is -0.604. The quantitative estimate of drug-likeness (QED) is 0.235. The van der Waals surface area contributed by atoms with Gasteiger partial charge in [-0.25, -0.2) is 0 Å². The van der Waals surface area contributed by atoms with Gasteiger partial charge < -0.3 is 4.74 Å². The van der Waals surface area contributed by atoms with Crippen LogP contribution in [0.15, 0.2) is 0 Å². The minimum Gasteiger partial charge on any atom is -0.455 e. The van der Waals surface area contributed by atoms with E-state index in [2.05, 4.69) is 4.74 Å². The third-order valence-electron chi connectivity index (χ3n) is 0.543. The number of carbonyl (C=O) groups is 2. The van der Waals surface area contributed by atoms with Crippen LogP contribution in [0.1, 0.15) is 13.8 Å². The average molecular weight is 139 g/mol. The van der Waals surface area contributed by atoms with Gasteiger partial charge >= 0.3 is 35.5 Å². The summed E-state index contributed by atoms with van der Waals surface area (Å²) in [6.07, 6.45) is -0.0333. The van der Waals surface area contributed by atoms with Gasteiger partial charge in [-0.3, -0.25) is 9.59 Å². The number of hydrogen-bond acceptors (Lipinski definition) is 3. The molecule has 0 heterocycles. The zero-order chi connectivity index (χ0) is 6.57. The number of hydrogen-bond donors (Lipinski definition) is 0. The van der Waals surface area contributed by atoms with Crippen molar-refractivity contribution >= 4 is 12.3 Å². The molecule has 46 valence electrons. The molecule has 0 N–H and O–H groups in total. The Hall–Kier alpha value is 0.140. The Morgan fingerprint density at radius 1 is 1.67 bits per heavy atom. The first-order valence-corrected chi connectivity index (χ1v) is 2.29. The van der Waals surface area contributed by atoms with E-state index in [1.807, 2.05) is 0 Å². The molecule has 0 aliphatic carbocycles. The van der Waals surface area contributed by atoms with Crippen LogP contribution in [0.2, 0.25) is 0 Å². The molecule has 1 unspecified atom stereocenters. The Kier molecular flexibility index (Phi) is 8.27. The van der Waals surface area contributed by atoms with Gasteiger partial charge in [0.15, 0.2) is 12.4 Å². The molecule has 0 aromatic rings. The molecular weight excluding hydrogens is 131 g/mol. The molecule has 0 aliphatic rings. The first kappa shape index (κ1) is 11.9. The molecule has 9 heavy (non-hydrogen) atoms. The molecular formula is C5H8NaO3+. The van der Waals surface area contributed by atoms with E-state index in [9.17, 15) is 9.59 Å². The molecule has 4 heteroatoms. The largest absolute Gasteiger partial charge is 1.00 e. The zero-order valence-electron chi connectivity index (χ0n) is 5.88. The maximum absolute atomic E-state index is 10.0. The maximum Gasteiger partial charge on any atom is 1.00 e. The second kappa shape index (κ2) is 6.26. The zero-order valence-corrected chi connectivity index (χ0v) is 7.88. The number of carbonyl (C=O) groups excluding carboxylic acids is 2. The van der Waals surface area contributed by atoms with Crippen molar-refractivity contribution in [3.05, 3.63) is 0 Å². The Morgan fingerprint density at radius 2 is 2.11 bits per heavy atom. The summed E-state index contributed by atoms with van der Waals surface area (Å²) >= 11 is 0. The van der Waals surface area contributed by atoms with Gasteiger partial charge in [-0.15, -0.1) is 0 Å². The predicted molar refractivity (Wildman–Crippen MR) is 27.3 cm³/mol. The number of rotatable bonds is 2. The summed E-state index contributed by atoms with van der Waals surface area (Å²) in [4.78, 5) is 19.8. The molecule has 0 amide bonds. The Labute approximate surface area is 76.0 Å². The molecule has 0 rings (SSSR count). The fourth-order valence-electron chi connectivity index (χ4n) is 0.290. The van der Waals surface area contributed by atoms with Crippen LogP contribution in [0.4, 0.5) is 0 Å². The number of aldehydes is 1. The van der Waals surface area contributed by atoms with Gasteiger partial charge in [-0.05, 0) is 6.92 Å². The van der Waals surface area contributed by atoms with Crippen LogP contribution in [-0.4, -0.2) is 18.4 Å². The van der Waals surface area contributed by atoms with Crippen molar-refractivity contribution in [2.75, 3.05) is 0 Å². The molecule has 0 aliphatic heterocycles. The number of esters is 1. The van der Waals surface area contributed by atoms with Gasteiger partial charge in [-0.1, -0.05) is 0 Å². The second-order valence-electron chi connectivity index (χ2n) is 1.45. The molecule has 0 aromatic carbocycles. The molecule has 3 nitrogen and oxygen atoms in total. The van der Waals surface area contributed by atoms with E-state index in [-0.39, 0.29) is 29.6 Å². The van der Waals surface area contributed by atoms with Crippen molar-refractivity contribution < 1.29 is 43.9 Å². The van der Waals surface area contributed by atoms with E-state index in [1.165, 1.54) is 13.8 Å². The van der Waals surface area contributed by atoms with Crippen LogP contribution in [0.25, 0.3) is 0 Å². The van der Waals surface area contributed by atoms with Crippen LogP contribution < -0.4 is 29.6 Å². The standard InChI is InChI=1S/C5H8O3.Na/c1-4(3-6)8-5(2)7;/h3-4H,1-2H3;/q;+1. The van der Waals surface area contributed by atoms with Crippen LogP contribution in [0, 0.1) is 0 Å². The summed E-state index contributed by atoms with van der Waals surface area (Å²) in [6.45, 7) is 2.77. The first-order chi connectivity index (χ1) is 3.66. The van der Waals surface area contributed by atoms with Gasteiger partial charge in [0.05, 0.1) is 0 Å². The van der Waals surface area contributed by atoms with Gasteiger partial charge in [-0.2, -0.15) is 0 Å². The molecule has 0 fully saturated rings. The molecule has 0 bridgehead atoms. The van der Waals surface area contributed by atoms with E-state index < -0.39 is 12.1 Å². The molecule has 0 spiro atoms. The van der Waals surface area contributed by atoms with Crippen molar-refractivity contribution in [1.29, 1.82) is 0 Å². The summed E-state index contributed by atoms with van der Waals surface area (Å²) in [6, 6.07) is 0. The fraction of sp³-hybridized carbons (Fsp3) is 0.600. The van der Waals surface area contributed by atoms with E-state index in [1.54, 1.807) is 0 Å². The second-order valence-corrected chi connectivity index (χ2v) is 1.45. The minimum absolute atomic E-state index is 0. The van der Waals surface area contributed by atoms with Crippen molar-refractivity contribution in [2.45, 2.75) is 20.0 Å². The van der Waals surface area contributed by atoms with Crippen LogP contribution >= 0.6 is 0 Å². The molecule has 0 saturated heterocycles. The molecule has 0 aromatic heterocycles. The van der Waals surface area contributed by atoms with E-state index in [0.29, 0.717) is 6.29 Å². The van der Waals surface area contributed by atoms with Gasteiger partial charge in [0.1, 0.15) is 0 Å². The van der Waals surface area contributed by atoms with Crippen molar-refractivity contribution in [3.8, 4) is 0 Å². The van der Waals surface area contributed by atoms with Gasteiger partial charge in [0.25, 0.3) is 0 Å². The smallest absolute Gasteiger partial charge is 0.455 e. The van der Waals surface area contributed by atoms with E-state index >= 15 is 0 Å². The van der Waals surface area contributed by atoms with Gasteiger partial charge in [0.2, 0.25) is 0 Å². The third-order valence-corrected chi connectivity index (χ3v) is 0.543. The van der Waals surface area contributed by atoms with Crippen LogP contribution in [-0.2, 0) is 14.3 Å². The number of ether oxygens (including phenoxy) is 1. The fourth-order valence-corrected chi connectivity index (χ4v) is 0.290. The predicted octanol–water partition coefficient (Wildman–Crippen LogP) is -2.86. The summed E-state index contributed by atoms with van der Waals surface area (Å²) < 4.78 is 4.39. The normalized spacial score (nSPS) is 10.9. The van der Waals surface area contributed by atoms with Crippen LogP contribution in [0.5, 0.6) is 0 Å². The Bertz CT molecular complexity index is 102. The third kappa shape index (κ3) is 8.14. The van der Waals surface area contributed by atoms with Crippen molar-refractivity contribution in [1.82, 2.24) is 0 Å². The Morgan fingerprint density at radius 3 is 2.22 bits per heavy atom. The molecule has 1 atom stereocenters. The SMILES string of the molecule is CC(=O)OC(C)C=O.[Na+]. The summed E-state index contributed by atoms with van der Waals surface area (Å²) in [5.74, 6) is -0.426. The first-order valence-electron chi connectivity index (χ1n) is 2.29. The summed E-state index contributed by atoms with van der Waals surface area (Å²) in [5.41, 5.74) is 0. The molecule has 0 radical (unpaired) electrons. The topological polar surface area (TPSA) is 43.4 Å². The maximum atomic E-state index is 10.0.